The zero-order chi connectivity index (χ0) is 13.3. The molecular formula is C15H16N2O. The number of rotatable bonds is 2. The van der Waals surface area contributed by atoms with Gasteiger partial charge in [-0.2, -0.15) is 5.26 Å². The Balaban J connectivity index is 2.61. The predicted octanol–water partition coefficient (Wildman–Crippen LogP) is 3.10. The Morgan fingerprint density at radius 3 is 2.61 bits per heavy atom. The number of hydrogen-bond donors (Lipinski definition) is 1. The first-order valence-corrected chi connectivity index (χ1v) is 6.06. The molecule has 0 aliphatic carbocycles. The molecule has 1 aromatic heterocycles. The van der Waals surface area contributed by atoms with Gasteiger partial charge in [0, 0.05) is 11.1 Å². The topological polar surface area (TPSA) is 56.6 Å². The lowest BCUT2D eigenvalue weighted by Gasteiger charge is -2.13. The Bertz CT molecular complexity index is 677. The molecule has 18 heavy (non-hydrogen) atoms. The summed E-state index contributed by atoms with van der Waals surface area (Å²) in [6, 6.07) is 9.99. The summed E-state index contributed by atoms with van der Waals surface area (Å²) in [5, 5.41) is 10.2. The SMILES string of the molecule is Cc1cc2cc(C(C#N)C(C)C)ccc2[nH]c1=O. The van der Waals surface area contributed by atoms with Gasteiger partial charge in [-0.25, -0.2) is 0 Å². The predicted molar refractivity (Wildman–Crippen MR) is 72.5 cm³/mol. The molecule has 0 aliphatic rings. The van der Waals surface area contributed by atoms with E-state index in [9.17, 15) is 10.1 Å². The van der Waals surface area contributed by atoms with Crippen LogP contribution in [0.3, 0.4) is 0 Å². The Kier molecular flexibility index (Phi) is 3.20. The number of aromatic amines is 1. The third-order valence-electron chi connectivity index (χ3n) is 3.22. The van der Waals surface area contributed by atoms with Crippen LogP contribution < -0.4 is 5.56 Å². The van der Waals surface area contributed by atoms with Gasteiger partial charge >= 0.3 is 0 Å². The second-order valence-corrected chi connectivity index (χ2v) is 4.98. The molecule has 0 saturated carbocycles. The van der Waals surface area contributed by atoms with Gasteiger partial charge in [0.25, 0.3) is 5.56 Å². The molecule has 0 bridgehead atoms. The standard InChI is InChI=1S/C15H16N2O/c1-9(2)13(8-16)11-4-5-14-12(7-11)6-10(3)15(18)17-14/h4-7,9,13H,1-3H3,(H,17,18). The van der Waals surface area contributed by atoms with E-state index in [0.717, 1.165) is 16.5 Å². The van der Waals surface area contributed by atoms with E-state index in [4.69, 9.17) is 0 Å². The lowest BCUT2D eigenvalue weighted by molar-refractivity contribution is 0.588. The van der Waals surface area contributed by atoms with Gasteiger partial charge in [-0.15, -0.1) is 0 Å². The number of H-pyrrole nitrogens is 1. The van der Waals surface area contributed by atoms with Gasteiger partial charge in [0.1, 0.15) is 0 Å². The molecule has 0 aliphatic heterocycles. The molecule has 0 spiro atoms. The van der Waals surface area contributed by atoms with Gasteiger partial charge in [-0.05, 0) is 42.0 Å². The molecule has 1 atom stereocenters. The molecule has 1 heterocycles. The van der Waals surface area contributed by atoms with Crippen molar-refractivity contribution in [3.8, 4) is 6.07 Å². The van der Waals surface area contributed by atoms with Crippen molar-refractivity contribution in [2.75, 3.05) is 0 Å². The highest BCUT2D eigenvalue weighted by molar-refractivity contribution is 5.79. The highest BCUT2D eigenvalue weighted by Gasteiger charge is 2.15. The average molecular weight is 240 g/mol. The van der Waals surface area contributed by atoms with Gasteiger partial charge in [-0.3, -0.25) is 4.79 Å². The second-order valence-electron chi connectivity index (χ2n) is 4.98. The molecule has 92 valence electrons. The maximum atomic E-state index is 11.5. The lowest BCUT2D eigenvalue weighted by atomic mass is 9.89. The van der Waals surface area contributed by atoms with Crippen molar-refractivity contribution in [1.29, 1.82) is 5.26 Å². The molecule has 0 fully saturated rings. The minimum atomic E-state index is -0.110. The Morgan fingerprint density at radius 2 is 2.00 bits per heavy atom. The zero-order valence-corrected chi connectivity index (χ0v) is 10.8. The van der Waals surface area contributed by atoms with Crippen LogP contribution in [0.4, 0.5) is 0 Å². The molecule has 1 N–H and O–H groups in total. The lowest BCUT2D eigenvalue weighted by Crippen LogP contribution is -2.09. The normalized spacial score (nSPS) is 12.6. The minimum Gasteiger partial charge on any atom is -0.322 e. The number of nitriles is 1. The monoisotopic (exact) mass is 240 g/mol. The van der Waals surface area contributed by atoms with Crippen LogP contribution in [-0.2, 0) is 0 Å². The highest BCUT2D eigenvalue weighted by atomic mass is 16.1. The van der Waals surface area contributed by atoms with E-state index < -0.39 is 0 Å². The number of nitrogens with one attached hydrogen (secondary N) is 1. The number of hydrogen-bond acceptors (Lipinski definition) is 2. The van der Waals surface area contributed by atoms with E-state index in [1.807, 2.05) is 38.1 Å². The summed E-state index contributed by atoms with van der Waals surface area (Å²) in [7, 11) is 0. The molecule has 1 aromatic carbocycles. The third kappa shape index (κ3) is 2.14. The Labute approximate surface area is 106 Å². The van der Waals surface area contributed by atoms with Gasteiger partial charge in [0.15, 0.2) is 0 Å². The summed E-state index contributed by atoms with van der Waals surface area (Å²) in [6.07, 6.45) is 0. The Morgan fingerprint density at radius 1 is 1.28 bits per heavy atom. The van der Waals surface area contributed by atoms with Gasteiger partial charge in [-0.1, -0.05) is 19.9 Å². The van der Waals surface area contributed by atoms with E-state index >= 15 is 0 Å². The zero-order valence-electron chi connectivity index (χ0n) is 10.8. The van der Waals surface area contributed by atoms with Crippen LogP contribution >= 0.6 is 0 Å². The summed E-state index contributed by atoms with van der Waals surface area (Å²) in [5.74, 6) is 0.165. The molecule has 2 aromatic rings. The molecule has 1 unspecified atom stereocenters. The van der Waals surface area contributed by atoms with Gasteiger partial charge < -0.3 is 4.98 Å². The number of aromatic nitrogens is 1. The average Bonchev–Trinajstić information content (AvgIpc) is 2.31. The second kappa shape index (κ2) is 4.66. The molecule has 0 saturated heterocycles. The number of nitrogens with zero attached hydrogens (tertiary/aromatic N) is 1. The highest BCUT2D eigenvalue weighted by Crippen LogP contribution is 2.26. The fourth-order valence-electron chi connectivity index (χ4n) is 2.14. The minimum absolute atomic E-state index is 0.0593. The first-order chi connectivity index (χ1) is 8.52. The van der Waals surface area contributed by atoms with E-state index in [2.05, 4.69) is 11.1 Å². The molecule has 2 rings (SSSR count). The van der Waals surface area contributed by atoms with Crippen molar-refractivity contribution in [3.05, 3.63) is 45.7 Å². The van der Waals surface area contributed by atoms with E-state index in [1.54, 1.807) is 6.92 Å². The van der Waals surface area contributed by atoms with Crippen LogP contribution in [0.15, 0.2) is 29.1 Å². The fraction of sp³-hybridized carbons (Fsp3) is 0.333. The van der Waals surface area contributed by atoms with Crippen LogP contribution in [0.1, 0.15) is 30.9 Å². The summed E-state index contributed by atoms with van der Waals surface area (Å²) < 4.78 is 0. The molecule has 3 heteroatoms. The molecule has 3 nitrogen and oxygen atoms in total. The largest absolute Gasteiger partial charge is 0.322 e. The van der Waals surface area contributed by atoms with E-state index in [1.165, 1.54) is 0 Å². The van der Waals surface area contributed by atoms with Gasteiger partial charge in [0.05, 0.1) is 12.0 Å². The van der Waals surface area contributed by atoms with Crippen molar-refractivity contribution in [2.24, 2.45) is 5.92 Å². The van der Waals surface area contributed by atoms with Crippen molar-refractivity contribution < 1.29 is 0 Å². The summed E-state index contributed by atoms with van der Waals surface area (Å²) >= 11 is 0. The van der Waals surface area contributed by atoms with Crippen molar-refractivity contribution in [2.45, 2.75) is 26.7 Å². The van der Waals surface area contributed by atoms with E-state index in [0.29, 0.717) is 5.56 Å². The Hall–Kier alpha value is -2.08. The third-order valence-corrected chi connectivity index (χ3v) is 3.22. The smallest absolute Gasteiger partial charge is 0.251 e. The fourth-order valence-corrected chi connectivity index (χ4v) is 2.14. The first-order valence-electron chi connectivity index (χ1n) is 6.06. The van der Waals surface area contributed by atoms with Crippen LogP contribution in [0.2, 0.25) is 0 Å². The maximum Gasteiger partial charge on any atom is 0.251 e. The van der Waals surface area contributed by atoms with Crippen LogP contribution in [0.25, 0.3) is 10.9 Å². The quantitative estimate of drug-likeness (QED) is 0.876. The van der Waals surface area contributed by atoms with E-state index in [-0.39, 0.29) is 17.4 Å². The summed E-state index contributed by atoms with van der Waals surface area (Å²) in [5.41, 5.74) is 2.45. The summed E-state index contributed by atoms with van der Waals surface area (Å²) in [4.78, 5) is 14.3. The van der Waals surface area contributed by atoms with Crippen LogP contribution in [-0.4, -0.2) is 4.98 Å². The first kappa shape index (κ1) is 12.4. The van der Waals surface area contributed by atoms with Crippen molar-refractivity contribution in [1.82, 2.24) is 4.98 Å². The maximum absolute atomic E-state index is 11.5. The summed E-state index contributed by atoms with van der Waals surface area (Å²) in [6.45, 7) is 5.86. The van der Waals surface area contributed by atoms with Crippen LogP contribution in [0, 0.1) is 24.2 Å². The number of fused-ring (bicyclic) bond motifs is 1. The molecule has 0 amide bonds. The number of benzene rings is 1. The molecule has 0 radical (unpaired) electrons. The van der Waals surface area contributed by atoms with Crippen molar-refractivity contribution in [3.63, 3.8) is 0 Å². The van der Waals surface area contributed by atoms with Crippen molar-refractivity contribution >= 4 is 10.9 Å². The van der Waals surface area contributed by atoms with Crippen LogP contribution in [0.5, 0.6) is 0 Å². The number of pyridine rings is 1. The number of aryl methyl sites for hydroxylation is 1. The van der Waals surface area contributed by atoms with Gasteiger partial charge in [0.2, 0.25) is 0 Å². The molecular weight excluding hydrogens is 224 g/mol.